The van der Waals surface area contributed by atoms with Crippen molar-refractivity contribution in [3.05, 3.63) is 28.0 Å². The van der Waals surface area contributed by atoms with Crippen LogP contribution in [0.3, 0.4) is 0 Å². The fourth-order valence-electron chi connectivity index (χ4n) is 1.07. The second kappa shape index (κ2) is 4.11. The monoisotopic (exact) mass is 286 g/mol. The van der Waals surface area contributed by atoms with Crippen LogP contribution in [-0.4, -0.2) is 17.2 Å². The van der Waals surface area contributed by atoms with Gasteiger partial charge in [0, 0.05) is 0 Å². The molecule has 0 aliphatic carbocycles. The second-order valence-corrected chi connectivity index (χ2v) is 3.55. The predicted molar refractivity (Wildman–Crippen MR) is 48.9 cm³/mol. The maximum absolute atomic E-state index is 13.1. The molecule has 15 heavy (non-hydrogen) atoms. The van der Waals surface area contributed by atoms with Crippen LogP contribution in [0, 0.1) is 5.82 Å². The molecular weight excluding hydrogens is 283 g/mol. The number of rotatable bonds is 1. The summed E-state index contributed by atoms with van der Waals surface area (Å²) in [4.78, 5) is 0. The van der Waals surface area contributed by atoms with Crippen molar-refractivity contribution in [3.63, 3.8) is 0 Å². The van der Waals surface area contributed by atoms with E-state index in [1.165, 1.54) is 0 Å². The molecule has 82 valence electrons. The first kappa shape index (κ1) is 12.5. The summed E-state index contributed by atoms with van der Waals surface area (Å²) in [5, 5.41) is 17.3. The normalized spacial score (nSPS) is 11.7. The summed E-state index contributed by atoms with van der Waals surface area (Å²) in [6, 6.07) is 1.76. The molecule has 1 rings (SSSR count). The highest BCUT2D eigenvalue weighted by molar-refractivity contribution is 9.10. The molecule has 0 amide bonds. The SMILES string of the molecule is OB(O)c1ccc(Br)c(F)c1C(F)(F)F. The lowest BCUT2D eigenvalue weighted by Gasteiger charge is -2.13. The van der Waals surface area contributed by atoms with Gasteiger partial charge in [0.25, 0.3) is 0 Å². The summed E-state index contributed by atoms with van der Waals surface area (Å²) in [5.41, 5.74) is -2.59. The van der Waals surface area contributed by atoms with Crippen molar-refractivity contribution in [2.45, 2.75) is 6.18 Å². The van der Waals surface area contributed by atoms with Crippen molar-refractivity contribution in [1.82, 2.24) is 0 Å². The van der Waals surface area contributed by atoms with Crippen molar-refractivity contribution >= 4 is 28.5 Å². The topological polar surface area (TPSA) is 40.5 Å². The van der Waals surface area contributed by atoms with E-state index in [0.29, 0.717) is 0 Å². The Morgan fingerprint density at radius 2 is 1.73 bits per heavy atom. The number of hydrogen-bond donors (Lipinski definition) is 2. The van der Waals surface area contributed by atoms with Crippen LogP contribution in [-0.2, 0) is 6.18 Å². The van der Waals surface area contributed by atoms with Gasteiger partial charge < -0.3 is 10.0 Å². The zero-order valence-electron chi connectivity index (χ0n) is 7.02. The minimum atomic E-state index is -4.98. The average molecular weight is 287 g/mol. The summed E-state index contributed by atoms with van der Waals surface area (Å²) in [6.45, 7) is 0. The smallest absolute Gasteiger partial charge is 0.423 e. The van der Waals surface area contributed by atoms with E-state index in [1.54, 1.807) is 0 Å². The molecule has 0 heterocycles. The Kier molecular flexibility index (Phi) is 3.42. The largest absolute Gasteiger partial charge is 0.489 e. The summed E-state index contributed by atoms with van der Waals surface area (Å²) in [7, 11) is -2.37. The molecule has 2 nitrogen and oxygen atoms in total. The number of hydrogen-bond acceptors (Lipinski definition) is 2. The predicted octanol–water partition coefficient (Wildman–Crippen LogP) is 1.29. The van der Waals surface area contributed by atoms with Gasteiger partial charge in [-0.05, 0) is 27.5 Å². The molecule has 8 heteroatoms. The molecular formula is C7H4BBrF4O2. The van der Waals surface area contributed by atoms with Gasteiger partial charge in [-0.25, -0.2) is 4.39 Å². The first-order chi connectivity index (χ1) is 6.75. The van der Waals surface area contributed by atoms with E-state index in [0.717, 1.165) is 12.1 Å². The first-order valence-corrected chi connectivity index (χ1v) is 4.45. The second-order valence-electron chi connectivity index (χ2n) is 2.70. The van der Waals surface area contributed by atoms with E-state index in [2.05, 4.69) is 15.9 Å². The Balaban J connectivity index is 3.49. The van der Waals surface area contributed by atoms with Crippen LogP contribution in [0.2, 0.25) is 0 Å². The van der Waals surface area contributed by atoms with Crippen LogP contribution in [0.25, 0.3) is 0 Å². The van der Waals surface area contributed by atoms with Crippen LogP contribution >= 0.6 is 15.9 Å². The van der Waals surface area contributed by atoms with Gasteiger partial charge in [0.1, 0.15) is 5.82 Å². The molecule has 0 bridgehead atoms. The summed E-state index contributed by atoms with van der Waals surface area (Å²) in [5.74, 6) is -1.56. The van der Waals surface area contributed by atoms with Crippen LogP contribution in [0.15, 0.2) is 16.6 Å². The molecule has 0 fully saturated rings. The molecule has 0 atom stereocenters. The maximum atomic E-state index is 13.1. The van der Waals surface area contributed by atoms with Crippen molar-refractivity contribution in [2.24, 2.45) is 0 Å². The van der Waals surface area contributed by atoms with Gasteiger partial charge in [0.15, 0.2) is 0 Å². The van der Waals surface area contributed by atoms with Crippen molar-refractivity contribution in [2.75, 3.05) is 0 Å². The van der Waals surface area contributed by atoms with Crippen molar-refractivity contribution < 1.29 is 27.6 Å². The van der Waals surface area contributed by atoms with Gasteiger partial charge in [0.2, 0.25) is 0 Å². The zero-order chi connectivity index (χ0) is 11.8. The molecule has 1 aromatic carbocycles. The van der Waals surface area contributed by atoms with E-state index in [9.17, 15) is 17.6 Å². The third-order valence-electron chi connectivity index (χ3n) is 1.69. The highest BCUT2D eigenvalue weighted by Gasteiger charge is 2.40. The maximum Gasteiger partial charge on any atom is 0.489 e. The van der Waals surface area contributed by atoms with Gasteiger partial charge in [-0.1, -0.05) is 6.07 Å². The molecule has 0 aliphatic heterocycles. The molecule has 2 N–H and O–H groups in total. The lowest BCUT2D eigenvalue weighted by atomic mass is 9.76. The standard InChI is InChI=1S/C7H4BBrF4O2/c9-4-2-1-3(8(14)15)5(6(4)10)7(11,12)13/h1-2,14-15H. The minimum absolute atomic E-state index is 0.390. The van der Waals surface area contributed by atoms with Crippen molar-refractivity contribution in [3.8, 4) is 0 Å². The van der Waals surface area contributed by atoms with Gasteiger partial charge in [-0.15, -0.1) is 0 Å². The number of halogens is 5. The Morgan fingerprint density at radius 1 is 1.20 bits per heavy atom. The Hall–Kier alpha value is -0.595. The first-order valence-electron chi connectivity index (χ1n) is 3.66. The summed E-state index contributed by atoms with van der Waals surface area (Å²) >= 11 is 2.58. The highest BCUT2D eigenvalue weighted by Crippen LogP contribution is 2.32. The molecule has 0 unspecified atom stereocenters. The van der Waals surface area contributed by atoms with E-state index in [1.807, 2.05) is 0 Å². The number of benzene rings is 1. The minimum Gasteiger partial charge on any atom is -0.423 e. The molecule has 0 aromatic heterocycles. The molecule has 0 radical (unpaired) electrons. The third kappa shape index (κ3) is 2.50. The van der Waals surface area contributed by atoms with Crippen LogP contribution in [0.4, 0.5) is 17.6 Å². The van der Waals surface area contributed by atoms with Crippen LogP contribution in [0.1, 0.15) is 5.56 Å². The molecule has 0 saturated carbocycles. The Labute approximate surface area is 90.8 Å². The summed E-state index contributed by atoms with van der Waals surface area (Å²) < 4.78 is 49.8. The van der Waals surface area contributed by atoms with Gasteiger partial charge in [-0.2, -0.15) is 13.2 Å². The quantitative estimate of drug-likeness (QED) is 0.603. The van der Waals surface area contributed by atoms with E-state index >= 15 is 0 Å². The van der Waals surface area contributed by atoms with E-state index in [4.69, 9.17) is 10.0 Å². The lowest BCUT2D eigenvalue weighted by molar-refractivity contribution is -0.139. The Morgan fingerprint density at radius 3 is 2.13 bits per heavy atom. The molecule has 0 aliphatic rings. The van der Waals surface area contributed by atoms with E-state index < -0.39 is 30.1 Å². The fraction of sp³-hybridized carbons (Fsp3) is 0.143. The molecule has 0 spiro atoms. The van der Waals surface area contributed by atoms with Crippen LogP contribution in [0.5, 0.6) is 0 Å². The molecule has 1 aromatic rings. The number of alkyl halides is 3. The van der Waals surface area contributed by atoms with Gasteiger partial charge in [-0.3, -0.25) is 0 Å². The zero-order valence-corrected chi connectivity index (χ0v) is 8.60. The average Bonchev–Trinajstić information content (AvgIpc) is 2.06. The van der Waals surface area contributed by atoms with Gasteiger partial charge >= 0.3 is 13.3 Å². The van der Waals surface area contributed by atoms with E-state index in [-0.39, 0.29) is 4.47 Å². The molecule has 0 saturated heterocycles. The summed E-state index contributed by atoms with van der Waals surface area (Å²) in [6.07, 6.45) is -4.98. The fourth-order valence-corrected chi connectivity index (χ4v) is 1.40. The highest BCUT2D eigenvalue weighted by atomic mass is 79.9. The van der Waals surface area contributed by atoms with Crippen LogP contribution < -0.4 is 5.46 Å². The van der Waals surface area contributed by atoms with Crippen molar-refractivity contribution in [1.29, 1.82) is 0 Å². The third-order valence-corrected chi connectivity index (χ3v) is 2.30. The van der Waals surface area contributed by atoms with Gasteiger partial charge in [0.05, 0.1) is 10.0 Å². The Bertz CT molecular complexity index is 380. The lowest BCUT2D eigenvalue weighted by Crippen LogP contribution is -2.37.